The average Bonchev–Trinajstić information content (AvgIpc) is 2.76. The number of aliphatic hydroxyl groups is 1. The van der Waals surface area contributed by atoms with Gasteiger partial charge in [0, 0.05) is 43.3 Å². The van der Waals surface area contributed by atoms with E-state index in [9.17, 15) is 9.90 Å². The number of benzene rings is 2. The highest BCUT2D eigenvalue weighted by Crippen LogP contribution is 2.20. The number of para-hydroxylation sites is 1. The number of carbonyl (C=O) groups excluding carboxylic acids is 1. The molecule has 0 aromatic heterocycles. The van der Waals surface area contributed by atoms with Crippen molar-refractivity contribution in [1.29, 1.82) is 0 Å². The van der Waals surface area contributed by atoms with Crippen molar-refractivity contribution in [3.8, 4) is 5.75 Å². The van der Waals surface area contributed by atoms with Crippen molar-refractivity contribution in [3.63, 3.8) is 0 Å². The first kappa shape index (κ1) is 23.6. The first-order valence-electron chi connectivity index (χ1n) is 10.9. The van der Waals surface area contributed by atoms with Crippen molar-refractivity contribution in [2.24, 2.45) is 0 Å². The first-order valence-corrected chi connectivity index (χ1v) is 11.9. The SMILES string of the molecule is CCSc1ccc(NC(=O)CN2CCN(CC(O)COc3ccccc3C)CC2)cc1. The van der Waals surface area contributed by atoms with Gasteiger partial charge in [-0.2, -0.15) is 0 Å². The van der Waals surface area contributed by atoms with Gasteiger partial charge in [0.25, 0.3) is 0 Å². The number of hydrogen-bond donors (Lipinski definition) is 2. The van der Waals surface area contributed by atoms with Crippen LogP contribution in [-0.2, 0) is 4.79 Å². The summed E-state index contributed by atoms with van der Waals surface area (Å²) in [5.41, 5.74) is 1.90. The molecule has 2 aromatic carbocycles. The zero-order chi connectivity index (χ0) is 22.1. The Morgan fingerprint density at radius 1 is 1.10 bits per heavy atom. The fourth-order valence-corrected chi connectivity index (χ4v) is 4.25. The molecule has 3 rings (SSSR count). The summed E-state index contributed by atoms with van der Waals surface area (Å²) in [7, 11) is 0. The van der Waals surface area contributed by atoms with E-state index in [-0.39, 0.29) is 12.5 Å². The molecule has 1 atom stereocenters. The molecule has 0 bridgehead atoms. The van der Waals surface area contributed by atoms with Gasteiger partial charge in [0.1, 0.15) is 18.5 Å². The number of ether oxygens (including phenoxy) is 1. The summed E-state index contributed by atoms with van der Waals surface area (Å²) in [6.07, 6.45) is -0.539. The quantitative estimate of drug-likeness (QED) is 0.550. The van der Waals surface area contributed by atoms with Crippen molar-refractivity contribution in [3.05, 3.63) is 54.1 Å². The van der Waals surface area contributed by atoms with Crippen LogP contribution in [0.15, 0.2) is 53.4 Å². The Morgan fingerprint density at radius 2 is 1.77 bits per heavy atom. The molecule has 0 saturated carbocycles. The minimum Gasteiger partial charge on any atom is -0.491 e. The van der Waals surface area contributed by atoms with Crippen LogP contribution in [0.25, 0.3) is 0 Å². The fraction of sp³-hybridized carbons (Fsp3) is 0.458. The smallest absolute Gasteiger partial charge is 0.238 e. The molecule has 2 aromatic rings. The second kappa shape index (κ2) is 12.1. The molecular formula is C24H33N3O3S. The van der Waals surface area contributed by atoms with Crippen molar-refractivity contribution in [1.82, 2.24) is 9.80 Å². The first-order chi connectivity index (χ1) is 15.0. The topological polar surface area (TPSA) is 65.0 Å². The number of piperazine rings is 1. The number of aliphatic hydroxyl groups excluding tert-OH is 1. The van der Waals surface area contributed by atoms with E-state index in [1.54, 1.807) is 11.8 Å². The fourth-order valence-electron chi connectivity index (χ4n) is 3.59. The number of β-amino-alcohol motifs (C(OH)–C–C–N with tert-alkyl or cyclic N) is 1. The lowest BCUT2D eigenvalue weighted by Crippen LogP contribution is -2.50. The Balaban J connectivity index is 1.34. The van der Waals surface area contributed by atoms with Crippen LogP contribution in [0.4, 0.5) is 5.69 Å². The lowest BCUT2D eigenvalue weighted by molar-refractivity contribution is -0.117. The molecule has 1 amide bonds. The van der Waals surface area contributed by atoms with Gasteiger partial charge in [0.2, 0.25) is 5.91 Å². The molecule has 31 heavy (non-hydrogen) atoms. The van der Waals surface area contributed by atoms with Crippen LogP contribution in [-0.4, -0.2) is 78.5 Å². The molecule has 1 saturated heterocycles. The highest BCUT2D eigenvalue weighted by Gasteiger charge is 2.21. The van der Waals surface area contributed by atoms with Crippen LogP contribution in [0.3, 0.4) is 0 Å². The van der Waals surface area contributed by atoms with Gasteiger partial charge in [0.05, 0.1) is 6.54 Å². The van der Waals surface area contributed by atoms with Gasteiger partial charge < -0.3 is 15.2 Å². The van der Waals surface area contributed by atoms with E-state index in [4.69, 9.17) is 4.74 Å². The van der Waals surface area contributed by atoms with Gasteiger partial charge >= 0.3 is 0 Å². The number of carbonyl (C=O) groups is 1. The highest BCUT2D eigenvalue weighted by molar-refractivity contribution is 7.99. The van der Waals surface area contributed by atoms with Crippen LogP contribution in [0.1, 0.15) is 12.5 Å². The third kappa shape index (κ3) is 7.85. The summed E-state index contributed by atoms with van der Waals surface area (Å²) in [4.78, 5) is 18.0. The molecular weight excluding hydrogens is 410 g/mol. The zero-order valence-electron chi connectivity index (χ0n) is 18.4. The zero-order valence-corrected chi connectivity index (χ0v) is 19.2. The van der Waals surface area contributed by atoms with Crippen LogP contribution in [0, 0.1) is 6.92 Å². The van der Waals surface area contributed by atoms with E-state index in [1.165, 1.54) is 4.90 Å². The van der Waals surface area contributed by atoms with E-state index in [2.05, 4.69) is 22.0 Å². The molecule has 1 aliphatic heterocycles. The lowest BCUT2D eigenvalue weighted by atomic mass is 10.2. The molecule has 0 spiro atoms. The number of aryl methyl sites for hydroxylation is 1. The van der Waals surface area contributed by atoms with Gasteiger partial charge in [-0.25, -0.2) is 0 Å². The molecule has 7 heteroatoms. The molecule has 1 fully saturated rings. The molecule has 1 aliphatic rings. The molecule has 1 unspecified atom stereocenters. The summed E-state index contributed by atoms with van der Waals surface area (Å²) in [6, 6.07) is 15.8. The summed E-state index contributed by atoms with van der Waals surface area (Å²) < 4.78 is 5.75. The monoisotopic (exact) mass is 443 g/mol. The van der Waals surface area contributed by atoms with E-state index in [1.807, 2.05) is 55.5 Å². The van der Waals surface area contributed by atoms with Crippen molar-refractivity contribution in [2.45, 2.75) is 24.8 Å². The molecule has 2 N–H and O–H groups in total. The Morgan fingerprint density at radius 3 is 2.45 bits per heavy atom. The number of nitrogens with zero attached hydrogens (tertiary/aromatic N) is 2. The third-order valence-electron chi connectivity index (χ3n) is 5.27. The molecule has 0 aliphatic carbocycles. The molecule has 168 valence electrons. The summed E-state index contributed by atoms with van der Waals surface area (Å²) in [5.74, 6) is 1.86. The van der Waals surface area contributed by atoms with Crippen LogP contribution >= 0.6 is 11.8 Å². The van der Waals surface area contributed by atoms with Gasteiger partial charge in [-0.3, -0.25) is 14.6 Å². The minimum atomic E-state index is -0.539. The Bertz CT molecular complexity index is 823. The normalized spacial score (nSPS) is 16.1. The Hall–Kier alpha value is -2.06. The minimum absolute atomic E-state index is 0.0102. The molecule has 6 nitrogen and oxygen atoms in total. The van der Waals surface area contributed by atoms with E-state index < -0.39 is 6.10 Å². The highest BCUT2D eigenvalue weighted by atomic mass is 32.2. The lowest BCUT2D eigenvalue weighted by Gasteiger charge is -2.35. The van der Waals surface area contributed by atoms with Crippen molar-refractivity contribution in [2.75, 3.05) is 56.9 Å². The maximum atomic E-state index is 12.4. The number of rotatable bonds is 10. The Labute approximate surface area is 189 Å². The van der Waals surface area contributed by atoms with Gasteiger partial charge in [0.15, 0.2) is 0 Å². The predicted molar refractivity (Wildman–Crippen MR) is 127 cm³/mol. The second-order valence-corrected chi connectivity index (χ2v) is 9.15. The van der Waals surface area contributed by atoms with Crippen LogP contribution in [0.2, 0.25) is 0 Å². The second-order valence-electron chi connectivity index (χ2n) is 7.81. The van der Waals surface area contributed by atoms with Gasteiger partial charge in [-0.1, -0.05) is 25.1 Å². The summed E-state index contributed by atoms with van der Waals surface area (Å²) in [5, 5.41) is 13.3. The number of amides is 1. The molecule has 0 radical (unpaired) electrons. The van der Waals surface area contributed by atoms with Crippen LogP contribution in [0.5, 0.6) is 5.75 Å². The van der Waals surface area contributed by atoms with E-state index in [0.717, 1.165) is 48.9 Å². The largest absolute Gasteiger partial charge is 0.491 e. The van der Waals surface area contributed by atoms with Gasteiger partial charge in [-0.05, 0) is 48.6 Å². The Kier molecular flexibility index (Phi) is 9.21. The van der Waals surface area contributed by atoms with Crippen LogP contribution < -0.4 is 10.1 Å². The number of hydrogen-bond acceptors (Lipinski definition) is 6. The molecule has 1 heterocycles. The van der Waals surface area contributed by atoms with Gasteiger partial charge in [-0.15, -0.1) is 11.8 Å². The standard InChI is InChI=1S/C24H33N3O3S/c1-3-31-22-10-8-20(9-11-22)25-24(29)17-27-14-12-26(13-15-27)16-21(28)18-30-23-7-5-4-6-19(23)2/h4-11,21,28H,3,12-18H2,1-2H3,(H,25,29). The number of anilines is 1. The third-order valence-corrected chi connectivity index (χ3v) is 6.17. The predicted octanol–water partition coefficient (Wildman–Crippen LogP) is 3.10. The maximum absolute atomic E-state index is 12.4. The van der Waals surface area contributed by atoms with Crippen molar-refractivity contribution < 1.29 is 14.6 Å². The average molecular weight is 444 g/mol. The number of thioether (sulfide) groups is 1. The van der Waals surface area contributed by atoms with E-state index in [0.29, 0.717) is 13.1 Å². The van der Waals surface area contributed by atoms with Crippen molar-refractivity contribution >= 4 is 23.4 Å². The summed E-state index contributed by atoms with van der Waals surface area (Å²) in [6.45, 7) is 8.65. The summed E-state index contributed by atoms with van der Waals surface area (Å²) >= 11 is 1.79. The van der Waals surface area contributed by atoms with E-state index >= 15 is 0 Å². The maximum Gasteiger partial charge on any atom is 0.238 e. The number of nitrogens with one attached hydrogen (secondary N) is 1.